The number of likely N-dealkylation sites (N-methyl/N-ethyl adjacent to an activating group) is 1. The Morgan fingerprint density at radius 2 is 1.75 bits per heavy atom. The number of piperidine rings is 1. The fourth-order valence-electron chi connectivity index (χ4n) is 4.17. The topological polar surface area (TPSA) is 15.7 Å². The van der Waals surface area contributed by atoms with Crippen molar-refractivity contribution in [1.29, 1.82) is 0 Å². The summed E-state index contributed by atoms with van der Waals surface area (Å²) in [4.78, 5) is 5.07. The largest absolute Gasteiger partial charge is 0.378 e. The van der Waals surface area contributed by atoms with E-state index in [1.165, 1.54) is 25.8 Å². The minimum absolute atomic E-state index is 0.626. The molecular weight excluding hydrogens is 248 g/mol. The van der Waals surface area contributed by atoms with Crippen molar-refractivity contribution in [2.75, 3.05) is 40.4 Å². The van der Waals surface area contributed by atoms with Gasteiger partial charge in [-0.25, -0.2) is 0 Å². The molecule has 0 N–H and O–H groups in total. The predicted molar refractivity (Wildman–Crippen MR) is 85.0 cm³/mol. The molecule has 0 aliphatic carbocycles. The van der Waals surface area contributed by atoms with Gasteiger partial charge in [0.05, 0.1) is 13.2 Å². The zero-order valence-corrected chi connectivity index (χ0v) is 14.1. The smallest absolute Gasteiger partial charge is 0.0624 e. The van der Waals surface area contributed by atoms with E-state index >= 15 is 0 Å². The fraction of sp³-hybridized carbons (Fsp3) is 1.00. The molecule has 0 amide bonds. The van der Waals surface area contributed by atoms with Crippen molar-refractivity contribution in [3.05, 3.63) is 0 Å². The van der Waals surface area contributed by atoms with Crippen molar-refractivity contribution in [2.24, 2.45) is 17.8 Å². The second kappa shape index (κ2) is 7.24. The Morgan fingerprint density at radius 3 is 2.40 bits per heavy atom. The Balaban J connectivity index is 1.86. The van der Waals surface area contributed by atoms with Gasteiger partial charge in [0.15, 0.2) is 0 Å². The molecule has 0 radical (unpaired) electrons. The quantitative estimate of drug-likeness (QED) is 0.788. The molecule has 2 unspecified atom stereocenters. The Kier molecular flexibility index (Phi) is 5.88. The molecule has 2 fully saturated rings. The molecule has 2 rings (SSSR count). The van der Waals surface area contributed by atoms with Crippen LogP contribution in [0.2, 0.25) is 0 Å². The molecule has 0 aromatic heterocycles. The first-order valence-electron chi connectivity index (χ1n) is 8.47. The summed E-state index contributed by atoms with van der Waals surface area (Å²) >= 11 is 0. The van der Waals surface area contributed by atoms with Crippen LogP contribution in [0.25, 0.3) is 0 Å². The summed E-state index contributed by atoms with van der Waals surface area (Å²) in [6, 6.07) is 1.40. The van der Waals surface area contributed by atoms with Crippen molar-refractivity contribution >= 4 is 0 Å². The molecule has 2 aliphatic heterocycles. The third-order valence-electron chi connectivity index (χ3n) is 5.61. The molecule has 0 spiro atoms. The third-order valence-corrected chi connectivity index (χ3v) is 5.61. The molecular formula is C17H34N2O. The van der Waals surface area contributed by atoms with E-state index in [-0.39, 0.29) is 0 Å². The maximum absolute atomic E-state index is 5.69. The summed E-state index contributed by atoms with van der Waals surface area (Å²) in [5.74, 6) is 2.43. The number of nitrogens with zero attached hydrogens (tertiary/aromatic N) is 2. The highest BCUT2D eigenvalue weighted by Gasteiger charge is 2.32. The molecule has 2 aliphatic rings. The molecule has 2 saturated heterocycles. The van der Waals surface area contributed by atoms with Crippen molar-refractivity contribution in [2.45, 2.75) is 52.1 Å². The first kappa shape index (κ1) is 16.3. The van der Waals surface area contributed by atoms with Gasteiger partial charge >= 0.3 is 0 Å². The number of hydrogen-bond acceptors (Lipinski definition) is 3. The van der Waals surface area contributed by atoms with Crippen LogP contribution in [0.4, 0.5) is 0 Å². The molecule has 0 saturated carbocycles. The molecule has 3 heteroatoms. The summed E-state index contributed by atoms with van der Waals surface area (Å²) in [5, 5.41) is 0. The van der Waals surface area contributed by atoms with Crippen molar-refractivity contribution in [3.8, 4) is 0 Å². The van der Waals surface area contributed by atoms with E-state index in [0.29, 0.717) is 6.04 Å². The van der Waals surface area contributed by atoms with Gasteiger partial charge in [0.25, 0.3) is 0 Å². The van der Waals surface area contributed by atoms with Crippen LogP contribution in [0, 0.1) is 17.8 Å². The molecule has 0 bridgehead atoms. The number of rotatable bonds is 4. The second-order valence-corrected chi connectivity index (χ2v) is 7.52. The number of hydrogen-bond donors (Lipinski definition) is 0. The molecule has 3 nitrogen and oxygen atoms in total. The summed E-state index contributed by atoms with van der Waals surface area (Å²) in [6.07, 6.45) is 4.13. The highest BCUT2D eigenvalue weighted by Crippen LogP contribution is 2.32. The van der Waals surface area contributed by atoms with E-state index in [0.717, 1.165) is 43.6 Å². The van der Waals surface area contributed by atoms with Crippen LogP contribution in [-0.2, 0) is 4.74 Å². The van der Waals surface area contributed by atoms with Gasteiger partial charge in [-0.15, -0.1) is 0 Å². The summed E-state index contributed by atoms with van der Waals surface area (Å²) in [5.41, 5.74) is 0. The summed E-state index contributed by atoms with van der Waals surface area (Å²) in [7, 11) is 4.56. The standard InChI is InChI=1S/C17H34N2O/c1-13(2)16-11-15(6-7-18(16)4)10-14(3)17-12-20-9-8-19(17)5/h13-17H,6-12H2,1-5H3/t14?,15?,16-,17+/m0/s1. The predicted octanol–water partition coefficient (Wildman–Crippen LogP) is 2.71. The van der Waals surface area contributed by atoms with Gasteiger partial charge in [-0.1, -0.05) is 20.8 Å². The van der Waals surface area contributed by atoms with Crippen LogP contribution in [0.1, 0.15) is 40.0 Å². The molecule has 0 aromatic carbocycles. The lowest BCUT2D eigenvalue weighted by molar-refractivity contribution is -0.0212. The van der Waals surface area contributed by atoms with E-state index in [9.17, 15) is 0 Å². The maximum Gasteiger partial charge on any atom is 0.0624 e. The highest BCUT2D eigenvalue weighted by molar-refractivity contribution is 4.85. The number of likely N-dealkylation sites (tertiary alicyclic amines) is 1. The first-order chi connectivity index (χ1) is 9.49. The first-order valence-corrected chi connectivity index (χ1v) is 8.47. The Morgan fingerprint density at radius 1 is 1.05 bits per heavy atom. The Labute approximate surface area is 125 Å². The number of morpholine rings is 1. The van der Waals surface area contributed by atoms with Gasteiger partial charge < -0.3 is 9.64 Å². The molecule has 20 heavy (non-hydrogen) atoms. The zero-order chi connectivity index (χ0) is 14.7. The van der Waals surface area contributed by atoms with Crippen molar-refractivity contribution in [1.82, 2.24) is 9.80 Å². The lowest BCUT2D eigenvalue weighted by Crippen LogP contribution is -2.48. The third kappa shape index (κ3) is 3.96. The minimum atomic E-state index is 0.626. The van der Waals surface area contributed by atoms with Gasteiger partial charge in [-0.3, -0.25) is 4.90 Å². The van der Waals surface area contributed by atoms with Crippen LogP contribution in [0.15, 0.2) is 0 Å². The van der Waals surface area contributed by atoms with Gasteiger partial charge in [-0.05, 0) is 57.7 Å². The Bertz CT molecular complexity index is 295. The lowest BCUT2D eigenvalue weighted by Gasteiger charge is -2.42. The Hall–Kier alpha value is -0.120. The number of ether oxygens (including phenoxy) is 1. The van der Waals surface area contributed by atoms with E-state index in [4.69, 9.17) is 4.74 Å². The highest BCUT2D eigenvalue weighted by atomic mass is 16.5. The van der Waals surface area contributed by atoms with Crippen LogP contribution < -0.4 is 0 Å². The second-order valence-electron chi connectivity index (χ2n) is 7.52. The minimum Gasteiger partial charge on any atom is -0.378 e. The summed E-state index contributed by atoms with van der Waals surface area (Å²) in [6.45, 7) is 11.4. The average Bonchev–Trinajstić information content (AvgIpc) is 2.41. The molecule has 118 valence electrons. The van der Waals surface area contributed by atoms with Crippen molar-refractivity contribution in [3.63, 3.8) is 0 Å². The van der Waals surface area contributed by atoms with Crippen LogP contribution in [0.5, 0.6) is 0 Å². The maximum atomic E-state index is 5.69. The van der Waals surface area contributed by atoms with E-state index in [2.05, 4.69) is 44.7 Å². The molecule has 2 heterocycles. The van der Waals surface area contributed by atoms with Crippen LogP contribution in [0.3, 0.4) is 0 Å². The average molecular weight is 282 g/mol. The monoisotopic (exact) mass is 282 g/mol. The van der Waals surface area contributed by atoms with E-state index in [1.54, 1.807) is 0 Å². The zero-order valence-electron chi connectivity index (χ0n) is 14.1. The fourth-order valence-corrected chi connectivity index (χ4v) is 4.17. The normalized spacial score (nSPS) is 35.4. The molecule has 4 atom stereocenters. The SMILES string of the molecule is CC(CC1CCN(C)[C@H](C(C)C)C1)[C@H]1COCCN1C. The van der Waals surface area contributed by atoms with Gasteiger partial charge in [0, 0.05) is 18.6 Å². The van der Waals surface area contributed by atoms with Gasteiger partial charge in [-0.2, -0.15) is 0 Å². The lowest BCUT2D eigenvalue weighted by atomic mass is 9.79. The van der Waals surface area contributed by atoms with Gasteiger partial charge in [0.1, 0.15) is 0 Å². The van der Waals surface area contributed by atoms with E-state index < -0.39 is 0 Å². The summed E-state index contributed by atoms with van der Waals surface area (Å²) < 4.78 is 5.69. The van der Waals surface area contributed by atoms with Gasteiger partial charge in [0.2, 0.25) is 0 Å². The van der Waals surface area contributed by atoms with Crippen LogP contribution in [-0.4, -0.2) is 62.3 Å². The molecule has 0 aromatic rings. The van der Waals surface area contributed by atoms with Crippen molar-refractivity contribution < 1.29 is 4.74 Å². The van der Waals surface area contributed by atoms with Crippen LogP contribution >= 0.6 is 0 Å². The van der Waals surface area contributed by atoms with E-state index in [1.807, 2.05) is 0 Å².